The molecule has 0 aromatic carbocycles. The number of carbonyl (C=O) groups is 3. The van der Waals surface area contributed by atoms with Crippen molar-refractivity contribution in [3.05, 3.63) is 0 Å². The Labute approximate surface area is 106 Å². The zero-order valence-electron chi connectivity index (χ0n) is 10.9. The number of aliphatic carboxylic acids is 1. The van der Waals surface area contributed by atoms with Crippen molar-refractivity contribution < 1.29 is 19.5 Å². The second kappa shape index (κ2) is 5.84. The molecule has 1 saturated heterocycles. The maximum atomic E-state index is 11.9. The lowest BCUT2D eigenvalue weighted by Gasteiger charge is -2.37. The molecule has 18 heavy (non-hydrogen) atoms. The molecule has 0 aromatic heterocycles. The molecule has 1 heterocycles. The molecule has 2 N–H and O–H groups in total. The first-order chi connectivity index (χ1) is 8.35. The van der Waals surface area contributed by atoms with E-state index in [9.17, 15) is 14.4 Å². The van der Waals surface area contributed by atoms with E-state index in [4.69, 9.17) is 5.11 Å². The molecule has 6 heteroatoms. The van der Waals surface area contributed by atoms with Crippen molar-refractivity contribution in [1.29, 1.82) is 0 Å². The minimum absolute atomic E-state index is 0.101. The van der Waals surface area contributed by atoms with Crippen molar-refractivity contribution in [3.8, 4) is 0 Å². The van der Waals surface area contributed by atoms with Crippen molar-refractivity contribution in [2.24, 2.45) is 5.41 Å². The molecule has 0 bridgehead atoms. The van der Waals surface area contributed by atoms with Crippen LogP contribution in [0.15, 0.2) is 0 Å². The van der Waals surface area contributed by atoms with Gasteiger partial charge in [0.2, 0.25) is 11.8 Å². The first-order valence-corrected chi connectivity index (χ1v) is 6.11. The fourth-order valence-electron chi connectivity index (χ4n) is 2.13. The lowest BCUT2D eigenvalue weighted by Crippen LogP contribution is -2.48. The number of carbonyl (C=O) groups excluding carboxylic acids is 2. The van der Waals surface area contributed by atoms with Crippen molar-refractivity contribution in [1.82, 2.24) is 10.2 Å². The number of piperidine rings is 1. The Hall–Kier alpha value is -1.59. The summed E-state index contributed by atoms with van der Waals surface area (Å²) in [6, 6.07) is 0. The lowest BCUT2D eigenvalue weighted by atomic mass is 9.82. The number of amides is 2. The van der Waals surface area contributed by atoms with Crippen LogP contribution in [-0.2, 0) is 14.4 Å². The largest absolute Gasteiger partial charge is 0.481 e. The molecule has 1 fully saturated rings. The van der Waals surface area contributed by atoms with Crippen molar-refractivity contribution in [2.45, 2.75) is 33.1 Å². The van der Waals surface area contributed by atoms with Crippen LogP contribution in [-0.4, -0.2) is 47.4 Å². The topological polar surface area (TPSA) is 86.7 Å². The number of carboxylic acid groups (broad SMARTS) is 1. The highest BCUT2D eigenvalue weighted by atomic mass is 16.4. The highest BCUT2D eigenvalue weighted by Gasteiger charge is 2.39. The summed E-state index contributed by atoms with van der Waals surface area (Å²) in [6.45, 7) is 4.22. The average molecular weight is 256 g/mol. The SMILES string of the molecule is CC(=O)NCCC(=O)N1CCCC(C)(C(=O)O)C1. The predicted octanol–water partition coefficient (Wildman–Crippen LogP) is 0.226. The number of nitrogens with zero attached hydrogens (tertiary/aromatic N) is 1. The number of hydrogen-bond donors (Lipinski definition) is 2. The van der Waals surface area contributed by atoms with Gasteiger partial charge in [0, 0.05) is 33.0 Å². The van der Waals surface area contributed by atoms with Gasteiger partial charge in [-0.05, 0) is 19.8 Å². The Morgan fingerprint density at radius 3 is 2.61 bits per heavy atom. The van der Waals surface area contributed by atoms with Gasteiger partial charge in [-0.2, -0.15) is 0 Å². The smallest absolute Gasteiger partial charge is 0.311 e. The van der Waals surface area contributed by atoms with E-state index in [0.29, 0.717) is 25.9 Å². The summed E-state index contributed by atoms with van der Waals surface area (Å²) in [5, 5.41) is 11.7. The Bertz CT molecular complexity index is 356. The molecule has 1 aliphatic rings. The Morgan fingerprint density at radius 2 is 2.06 bits per heavy atom. The second-order valence-electron chi connectivity index (χ2n) is 5.02. The van der Waals surface area contributed by atoms with E-state index < -0.39 is 11.4 Å². The molecule has 1 aliphatic heterocycles. The van der Waals surface area contributed by atoms with Crippen LogP contribution >= 0.6 is 0 Å². The number of rotatable bonds is 4. The van der Waals surface area contributed by atoms with Gasteiger partial charge in [-0.1, -0.05) is 0 Å². The van der Waals surface area contributed by atoms with Crippen LogP contribution < -0.4 is 5.32 Å². The molecule has 0 spiro atoms. The molecule has 1 unspecified atom stereocenters. The standard InChI is InChI=1S/C12H20N2O4/c1-9(15)13-6-4-10(16)14-7-3-5-12(2,8-14)11(17)18/h3-8H2,1-2H3,(H,13,15)(H,17,18). The molecule has 2 amide bonds. The molecule has 102 valence electrons. The fourth-order valence-corrected chi connectivity index (χ4v) is 2.13. The van der Waals surface area contributed by atoms with Crippen molar-refractivity contribution >= 4 is 17.8 Å². The normalized spacial score (nSPS) is 23.6. The number of likely N-dealkylation sites (tertiary alicyclic amines) is 1. The average Bonchev–Trinajstić information content (AvgIpc) is 2.28. The summed E-state index contributed by atoms with van der Waals surface area (Å²) in [5.41, 5.74) is -0.845. The first-order valence-electron chi connectivity index (χ1n) is 6.11. The van der Waals surface area contributed by atoms with E-state index in [0.717, 1.165) is 0 Å². The van der Waals surface area contributed by atoms with E-state index in [-0.39, 0.29) is 24.8 Å². The summed E-state index contributed by atoms with van der Waals surface area (Å²) in [5.74, 6) is -1.13. The molecule has 6 nitrogen and oxygen atoms in total. The minimum atomic E-state index is -0.859. The molecule has 0 saturated carbocycles. The molecule has 1 rings (SSSR count). The zero-order chi connectivity index (χ0) is 13.8. The zero-order valence-corrected chi connectivity index (χ0v) is 10.9. The van der Waals surface area contributed by atoms with Gasteiger partial charge < -0.3 is 15.3 Å². The summed E-state index contributed by atoms with van der Waals surface area (Å²) < 4.78 is 0. The highest BCUT2D eigenvalue weighted by molar-refractivity contribution is 5.80. The summed E-state index contributed by atoms with van der Waals surface area (Å²) in [4.78, 5) is 35.3. The number of carboxylic acids is 1. The van der Waals surface area contributed by atoms with Gasteiger partial charge in [-0.3, -0.25) is 14.4 Å². The van der Waals surface area contributed by atoms with Gasteiger partial charge in [0.05, 0.1) is 5.41 Å². The van der Waals surface area contributed by atoms with E-state index in [1.807, 2.05) is 0 Å². The summed E-state index contributed by atoms with van der Waals surface area (Å²) in [7, 11) is 0. The minimum Gasteiger partial charge on any atom is -0.481 e. The molecular formula is C12H20N2O4. The maximum absolute atomic E-state index is 11.9. The van der Waals surface area contributed by atoms with Crippen LogP contribution in [0.3, 0.4) is 0 Å². The van der Waals surface area contributed by atoms with Crippen molar-refractivity contribution in [3.63, 3.8) is 0 Å². The van der Waals surface area contributed by atoms with Crippen molar-refractivity contribution in [2.75, 3.05) is 19.6 Å². The maximum Gasteiger partial charge on any atom is 0.311 e. The molecule has 0 radical (unpaired) electrons. The lowest BCUT2D eigenvalue weighted by molar-refractivity contribution is -0.153. The van der Waals surface area contributed by atoms with Gasteiger partial charge in [0.1, 0.15) is 0 Å². The number of hydrogen-bond acceptors (Lipinski definition) is 3. The van der Waals surface area contributed by atoms with E-state index in [2.05, 4.69) is 5.32 Å². The third kappa shape index (κ3) is 3.72. The van der Waals surface area contributed by atoms with Crippen LogP contribution in [0.1, 0.15) is 33.1 Å². The van der Waals surface area contributed by atoms with Crippen LogP contribution in [0.25, 0.3) is 0 Å². The summed E-state index contributed by atoms with van der Waals surface area (Å²) in [6.07, 6.45) is 1.52. The van der Waals surface area contributed by atoms with Crippen LogP contribution in [0.2, 0.25) is 0 Å². The number of nitrogens with one attached hydrogen (secondary N) is 1. The third-order valence-corrected chi connectivity index (χ3v) is 3.28. The third-order valence-electron chi connectivity index (χ3n) is 3.28. The fraction of sp³-hybridized carbons (Fsp3) is 0.750. The van der Waals surface area contributed by atoms with Gasteiger partial charge in [-0.15, -0.1) is 0 Å². The van der Waals surface area contributed by atoms with Gasteiger partial charge >= 0.3 is 5.97 Å². The Morgan fingerprint density at radius 1 is 1.39 bits per heavy atom. The molecular weight excluding hydrogens is 236 g/mol. The predicted molar refractivity (Wildman–Crippen MR) is 64.9 cm³/mol. The van der Waals surface area contributed by atoms with Gasteiger partial charge in [0.15, 0.2) is 0 Å². The Balaban J connectivity index is 2.48. The molecule has 1 atom stereocenters. The van der Waals surface area contributed by atoms with E-state index in [1.165, 1.54) is 6.92 Å². The van der Waals surface area contributed by atoms with E-state index in [1.54, 1.807) is 11.8 Å². The van der Waals surface area contributed by atoms with Crippen LogP contribution in [0, 0.1) is 5.41 Å². The second-order valence-corrected chi connectivity index (χ2v) is 5.02. The first kappa shape index (κ1) is 14.5. The van der Waals surface area contributed by atoms with Crippen LogP contribution in [0.5, 0.6) is 0 Å². The highest BCUT2D eigenvalue weighted by Crippen LogP contribution is 2.29. The Kier molecular flexibility index (Phi) is 4.69. The van der Waals surface area contributed by atoms with Crippen LogP contribution in [0.4, 0.5) is 0 Å². The van der Waals surface area contributed by atoms with Gasteiger partial charge in [0.25, 0.3) is 0 Å². The van der Waals surface area contributed by atoms with E-state index >= 15 is 0 Å². The molecule has 0 aromatic rings. The quantitative estimate of drug-likeness (QED) is 0.753. The summed E-state index contributed by atoms with van der Waals surface area (Å²) >= 11 is 0. The van der Waals surface area contributed by atoms with Gasteiger partial charge in [-0.25, -0.2) is 0 Å². The monoisotopic (exact) mass is 256 g/mol. The molecule has 0 aliphatic carbocycles.